The Balaban J connectivity index is 1.64. The van der Waals surface area contributed by atoms with Gasteiger partial charge in [0.1, 0.15) is 6.54 Å². The lowest BCUT2D eigenvalue weighted by Gasteiger charge is -2.03. The van der Waals surface area contributed by atoms with Gasteiger partial charge in [-0.15, -0.1) is 5.10 Å². The van der Waals surface area contributed by atoms with Crippen molar-refractivity contribution in [3.63, 3.8) is 0 Å². The molecule has 0 aliphatic rings. The van der Waals surface area contributed by atoms with Crippen LogP contribution in [0, 0.1) is 0 Å². The molecule has 8 nitrogen and oxygen atoms in total. The zero-order chi connectivity index (χ0) is 14.7. The monoisotopic (exact) mass is 288 g/mol. The third-order valence-corrected chi connectivity index (χ3v) is 2.78. The number of furan rings is 1. The van der Waals surface area contributed by atoms with Crippen LogP contribution in [0.25, 0.3) is 11.7 Å². The first-order valence-electron chi connectivity index (χ1n) is 6.69. The van der Waals surface area contributed by atoms with Crippen molar-refractivity contribution in [2.75, 3.05) is 0 Å². The minimum atomic E-state index is 0.358. The van der Waals surface area contributed by atoms with E-state index in [9.17, 15) is 0 Å². The molecule has 0 saturated heterocycles. The number of rotatable bonds is 6. The van der Waals surface area contributed by atoms with Gasteiger partial charge in [-0.2, -0.15) is 4.98 Å². The topological polar surface area (TPSA) is 94.8 Å². The van der Waals surface area contributed by atoms with Crippen LogP contribution in [-0.4, -0.2) is 31.2 Å². The Morgan fingerprint density at radius 2 is 2.29 bits per heavy atom. The highest BCUT2D eigenvalue weighted by molar-refractivity contribution is 5.42. The zero-order valence-corrected chi connectivity index (χ0v) is 11.9. The van der Waals surface area contributed by atoms with Crippen LogP contribution in [0.5, 0.6) is 0 Å². The van der Waals surface area contributed by atoms with E-state index in [0.717, 1.165) is 5.69 Å². The highest BCUT2D eigenvalue weighted by atomic mass is 16.5. The molecule has 0 unspecified atom stereocenters. The van der Waals surface area contributed by atoms with Gasteiger partial charge in [-0.1, -0.05) is 24.2 Å². The number of nitrogens with one attached hydrogen (secondary N) is 1. The molecular formula is C13H16N6O2. The molecule has 0 spiro atoms. The number of hydrogen-bond donors (Lipinski definition) is 1. The Morgan fingerprint density at radius 3 is 3.05 bits per heavy atom. The summed E-state index contributed by atoms with van der Waals surface area (Å²) in [6.07, 6.45) is 3.42. The lowest BCUT2D eigenvalue weighted by Crippen LogP contribution is -2.21. The van der Waals surface area contributed by atoms with Gasteiger partial charge in [-0.05, 0) is 12.1 Å². The number of nitrogens with zero attached hydrogens (tertiary/aromatic N) is 5. The molecule has 0 atom stereocenters. The van der Waals surface area contributed by atoms with Gasteiger partial charge in [0.05, 0.1) is 18.2 Å². The van der Waals surface area contributed by atoms with E-state index in [-0.39, 0.29) is 0 Å². The van der Waals surface area contributed by atoms with E-state index in [1.807, 2.05) is 6.20 Å². The van der Waals surface area contributed by atoms with Crippen molar-refractivity contribution < 1.29 is 8.94 Å². The van der Waals surface area contributed by atoms with E-state index < -0.39 is 0 Å². The summed E-state index contributed by atoms with van der Waals surface area (Å²) < 4.78 is 12.0. The van der Waals surface area contributed by atoms with E-state index in [2.05, 4.69) is 39.6 Å². The maximum atomic E-state index is 5.20. The van der Waals surface area contributed by atoms with Gasteiger partial charge in [0, 0.05) is 12.6 Å². The van der Waals surface area contributed by atoms with Crippen molar-refractivity contribution in [2.24, 2.45) is 0 Å². The quantitative estimate of drug-likeness (QED) is 0.733. The van der Waals surface area contributed by atoms with Crippen LogP contribution < -0.4 is 5.32 Å². The first-order chi connectivity index (χ1) is 10.2. The van der Waals surface area contributed by atoms with Gasteiger partial charge < -0.3 is 14.3 Å². The average molecular weight is 288 g/mol. The molecule has 0 fully saturated rings. The van der Waals surface area contributed by atoms with E-state index in [0.29, 0.717) is 36.6 Å². The fourth-order valence-electron chi connectivity index (χ4n) is 1.77. The summed E-state index contributed by atoms with van der Waals surface area (Å²) in [5.74, 6) is 1.43. The first-order valence-corrected chi connectivity index (χ1v) is 6.69. The second kappa shape index (κ2) is 5.88. The molecule has 0 amide bonds. The van der Waals surface area contributed by atoms with E-state index in [4.69, 9.17) is 8.94 Å². The molecule has 110 valence electrons. The normalized spacial score (nSPS) is 11.4. The standard InChI is InChI=1S/C13H16N6O2/c1-9(2)14-6-10-7-19(18-16-10)8-12-15-13(21-17-12)11-4-3-5-20-11/h3-5,7,9,14H,6,8H2,1-2H3. The molecule has 1 N–H and O–H groups in total. The van der Waals surface area contributed by atoms with Crippen LogP contribution in [0.1, 0.15) is 25.4 Å². The Morgan fingerprint density at radius 1 is 1.38 bits per heavy atom. The Bertz CT molecular complexity index is 685. The van der Waals surface area contributed by atoms with Crippen LogP contribution in [0.15, 0.2) is 33.5 Å². The molecule has 0 aliphatic carbocycles. The van der Waals surface area contributed by atoms with Gasteiger partial charge in [0.25, 0.3) is 5.89 Å². The van der Waals surface area contributed by atoms with Crippen LogP contribution >= 0.6 is 0 Å². The van der Waals surface area contributed by atoms with Gasteiger partial charge in [-0.3, -0.25) is 0 Å². The minimum Gasteiger partial charge on any atom is -0.459 e. The first kappa shape index (κ1) is 13.5. The molecule has 8 heteroatoms. The molecule has 3 aromatic heterocycles. The van der Waals surface area contributed by atoms with Crippen molar-refractivity contribution in [3.8, 4) is 11.7 Å². The summed E-state index contributed by atoms with van der Waals surface area (Å²) in [7, 11) is 0. The Hall–Kier alpha value is -2.48. The summed E-state index contributed by atoms with van der Waals surface area (Å²) >= 11 is 0. The molecule has 0 saturated carbocycles. The highest BCUT2D eigenvalue weighted by Crippen LogP contribution is 2.17. The SMILES string of the molecule is CC(C)NCc1cn(Cc2noc(-c3ccco3)n2)nn1. The van der Waals surface area contributed by atoms with E-state index in [1.165, 1.54) is 0 Å². The molecular weight excluding hydrogens is 272 g/mol. The molecule has 21 heavy (non-hydrogen) atoms. The number of aromatic nitrogens is 5. The van der Waals surface area contributed by atoms with E-state index >= 15 is 0 Å². The molecule has 0 radical (unpaired) electrons. The van der Waals surface area contributed by atoms with Gasteiger partial charge in [0.2, 0.25) is 0 Å². The lowest BCUT2D eigenvalue weighted by atomic mass is 10.3. The second-order valence-corrected chi connectivity index (χ2v) is 4.94. The minimum absolute atomic E-state index is 0.358. The van der Waals surface area contributed by atoms with Crippen LogP contribution in [0.4, 0.5) is 0 Å². The Kier molecular flexibility index (Phi) is 3.78. The predicted octanol–water partition coefficient (Wildman–Crippen LogP) is 1.47. The second-order valence-electron chi connectivity index (χ2n) is 4.94. The highest BCUT2D eigenvalue weighted by Gasteiger charge is 2.12. The molecule has 3 heterocycles. The average Bonchev–Trinajstić information content (AvgIpc) is 3.18. The van der Waals surface area contributed by atoms with Gasteiger partial charge >= 0.3 is 0 Å². The summed E-state index contributed by atoms with van der Waals surface area (Å²) in [6.45, 7) is 5.25. The van der Waals surface area contributed by atoms with Crippen LogP contribution in [0.2, 0.25) is 0 Å². The van der Waals surface area contributed by atoms with Crippen molar-refractivity contribution in [1.29, 1.82) is 0 Å². The molecule has 3 rings (SSSR count). The molecule has 0 bridgehead atoms. The number of hydrogen-bond acceptors (Lipinski definition) is 7. The lowest BCUT2D eigenvalue weighted by molar-refractivity contribution is 0.406. The largest absolute Gasteiger partial charge is 0.459 e. The molecule has 0 aliphatic heterocycles. The third kappa shape index (κ3) is 3.34. The van der Waals surface area contributed by atoms with Crippen molar-refractivity contribution >= 4 is 0 Å². The van der Waals surface area contributed by atoms with Crippen molar-refractivity contribution in [1.82, 2.24) is 30.5 Å². The van der Waals surface area contributed by atoms with Crippen LogP contribution in [0.3, 0.4) is 0 Å². The van der Waals surface area contributed by atoms with Crippen LogP contribution in [-0.2, 0) is 13.1 Å². The summed E-state index contributed by atoms with van der Waals surface area (Å²) in [5, 5.41) is 15.3. The summed E-state index contributed by atoms with van der Waals surface area (Å²) in [6, 6.07) is 3.94. The van der Waals surface area contributed by atoms with Gasteiger partial charge in [0.15, 0.2) is 11.6 Å². The fraction of sp³-hybridized carbons (Fsp3) is 0.385. The Labute approximate surface area is 121 Å². The summed E-state index contributed by atoms with van der Waals surface area (Å²) in [5.41, 5.74) is 0.874. The van der Waals surface area contributed by atoms with Crippen molar-refractivity contribution in [2.45, 2.75) is 33.0 Å². The maximum absolute atomic E-state index is 5.20. The molecule has 0 aromatic carbocycles. The zero-order valence-electron chi connectivity index (χ0n) is 11.9. The molecule has 3 aromatic rings. The fourth-order valence-corrected chi connectivity index (χ4v) is 1.77. The predicted molar refractivity (Wildman–Crippen MR) is 73.1 cm³/mol. The van der Waals surface area contributed by atoms with E-state index in [1.54, 1.807) is 23.1 Å². The smallest absolute Gasteiger partial charge is 0.293 e. The van der Waals surface area contributed by atoms with Gasteiger partial charge in [-0.25, -0.2) is 4.68 Å². The van der Waals surface area contributed by atoms with Crippen molar-refractivity contribution in [3.05, 3.63) is 36.1 Å². The third-order valence-electron chi connectivity index (χ3n) is 2.78. The summed E-state index contributed by atoms with van der Waals surface area (Å²) in [4.78, 5) is 4.26. The maximum Gasteiger partial charge on any atom is 0.293 e.